The fourth-order valence-corrected chi connectivity index (χ4v) is 3.42. The third kappa shape index (κ3) is 2.88. The van der Waals surface area contributed by atoms with Gasteiger partial charge in [-0.25, -0.2) is 0 Å². The summed E-state index contributed by atoms with van der Waals surface area (Å²) in [5, 5.41) is 7.44. The fourth-order valence-electron chi connectivity index (χ4n) is 1.10. The zero-order valence-electron chi connectivity index (χ0n) is 8.74. The number of thiol groups is 1. The maximum atomic E-state index is 11.9. The van der Waals surface area contributed by atoms with Crippen LogP contribution in [0.1, 0.15) is 0 Å². The highest BCUT2D eigenvalue weighted by Crippen LogP contribution is 2.27. The smallest absolute Gasteiger partial charge is 0.341 e. The molecule has 92 valence electrons. The Bertz CT molecular complexity index is 581. The van der Waals surface area contributed by atoms with Gasteiger partial charge in [0.05, 0.1) is 5.55 Å². The SMILES string of the molecule is C[SH]1C=NN=C1OS(=O)(=O)c1ccc(Br)cc1. The molecular weight excluding hydrogens is 328 g/mol. The van der Waals surface area contributed by atoms with Crippen LogP contribution in [0.2, 0.25) is 0 Å². The molecule has 1 aliphatic heterocycles. The first-order chi connectivity index (χ1) is 7.99. The molecule has 2 rings (SSSR count). The van der Waals surface area contributed by atoms with E-state index in [2.05, 4.69) is 26.1 Å². The maximum Gasteiger partial charge on any atom is 0.341 e. The molecule has 0 amide bonds. The van der Waals surface area contributed by atoms with E-state index in [1.807, 2.05) is 6.26 Å². The van der Waals surface area contributed by atoms with Gasteiger partial charge in [-0.2, -0.15) is 8.42 Å². The Morgan fingerprint density at radius 2 is 1.94 bits per heavy atom. The highest BCUT2D eigenvalue weighted by atomic mass is 79.9. The van der Waals surface area contributed by atoms with Crippen LogP contribution < -0.4 is 0 Å². The summed E-state index contributed by atoms with van der Waals surface area (Å²) in [5.41, 5.74) is 1.59. The molecular formula is C9H9BrN2O3S2. The summed E-state index contributed by atoms with van der Waals surface area (Å²) in [5.74, 6) is 0. The third-order valence-corrected chi connectivity index (χ3v) is 5.07. The molecule has 1 heterocycles. The molecule has 0 N–H and O–H groups in total. The molecule has 1 atom stereocenters. The van der Waals surface area contributed by atoms with E-state index in [1.54, 1.807) is 17.7 Å². The second-order valence-electron chi connectivity index (χ2n) is 3.22. The minimum Gasteiger partial charge on any atom is -0.352 e. The minimum absolute atomic E-state index is 0.0960. The Kier molecular flexibility index (Phi) is 3.55. The first kappa shape index (κ1) is 12.6. The van der Waals surface area contributed by atoms with E-state index in [-0.39, 0.29) is 10.1 Å². The molecule has 17 heavy (non-hydrogen) atoms. The third-order valence-electron chi connectivity index (χ3n) is 1.96. The molecule has 0 saturated carbocycles. The van der Waals surface area contributed by atoms with Crippen LogP contribution in [-0.4, -0.2) is 25.4 Å². The molecule has 1 aromatic carbocycles. The van der Waals surface area contributed by atoms with Crippen LogP contribution in [0.3, 0.4) is 0 Å². The van der Waals surface area contributed by atoms with Crippen molar-refractivity contribution in [2.45, 2.75) is 4.90 Å². The average Bonchev–Trinajstić information content (AvgIpc) is 2.64. The van der Waals surface area contributed by atoms with Gasteiger partial charge >= 0.3 is 10.1 Å². The van der Waals surface area contributed by atoms with Gasteiger partial charge in [-0.15, -0.1) is 21.1 Å². The van der Waals surface area contributed by atoms with Gasteiger partial charge in [0.1, 0.15) is 4.90 Å². The quantitative estimate of drug-likeness (QED) is 0.664. The average molecular weight is 337 g/mol. The monoisotopic (exact) mass is 336 g/mol. The first-order valence-corrected chi connectivity index (χ1v) is 8.59. The van der Waals surface area contributed by atoms with Crippen molar-refractivity contribution < 1.29 is 12.6 Å². The van der Waals surface area contributed by atoms with Gasteiger partial charge in [-0.3, -0.25) is 0 Å². The Balaban J connectivity index is 2.23. The summed E-state index contributed by atoms with van der Waals surface area (Å²) in [6.07, 6.45) is 1.82. The predicted molar refractivity (Wildman–Crippen MR) is 73.2 cm³/mol. The molecule has 1 unspecified atom stereocenters. The second kappa shape index (κ2) is 4.79. The highest BCUT2D eigenvalue weighted by Gasteiger charge is 2.22. The van der Waals surface area contributed by atoms with Crippen LogP contribution in [0.25, 0.3) is 0 Å². The summed E-state index contributed by atoms with van der Waals surface area (Å²) < 4.78 is 29.5. The lowest BCUT2D eigenvalue weighted by Gasteiger charge is -2.10. The van der Waals surface area contributed by atoms with Crippen molar-refractivity contribution in [1.29, 1.82) is 0 Å². The second-order valence-corrected chi connectivity index (χ2v) is 7.51. The zero-order valence-corrected chi connectivity index (χ0v) is 12.0. The van der Waals surface area contributed by atoms with E-state index in [1.165, 1.54) is 12.1 Å². The molecule has 5 nitrogen and oxygen atoms in total. The van der Waals surface area contributed by atoms with Crippen molar-refractivity contribution in [2.24, 2.45) is 10.2 Å². The molecule has 0 fully saturated rings. The van der Waals surface area contributed by atoms with Crippen molar-refractivity contribution in [1.82, 2.24) is 0 Å². The molecule has 1 aromatic rings. The van der Waals surface area contributed by atoms with Gasteiger partial charge in [0.15, 0.2) is 0 Å². The Morgan fingerprint density at radius 3 is 2.47 bits per heavy atom. The van der Waals surface area contributed by atoms with Gasteiger partial charge in [0.2, 0.25) is 0 Å². The van der Waals surface area contributed by atoms with E-state index in [4.69, 9.17) is 4.18 Å². The van der Waals surface area contributed by atoms with Gasteiger partial charge < -0.3 is 4.18 Å². The van der Waals surface area contributed by atoms with Crippen LogP contribution in [0.15, 0.2) is 43.8 Å². The maximum absolute atomic E-state index is 11.9. The zero-order chi connectivity index (χ0) is 12.5. The van der Waals surface area contributed by atoms with Crippen LogP contribution in [0, 0.1) is 0 Å². The van der Waals surface area contributed by atoms with E-state index >= 15 is 0 Å². The van der Waals surface area contributed by atoms with E-state index in [0.29, 0.717) is 0 Å². The number of hydrogen-bond donors (Lipinski definition) is 1. The number of halogens is 1. The van der Waals surface area contributed by atoms with Crippen LogP contribution >= 0.6 is 26.8 Å². The van der Waals surface area contributed by atoms with Crippen molar-refractivity contribution in [3.63, 3.8) is 0 Å². The van der Waals surface area contributed by atoms with E-state index in [0.717, 1.165) is 4.47 Å². The fraction of sp³-hybridized carbons (Fsp3) is 0.111. The number of rotatable bonds is 2. The van der Waals surface area contributed by atoms with Gasteiger partial charge in [0.25, 0.3) is 5.23 Å². The van der Waals surface area contributed by atoms with Gasteiger partial charge in [-0.05, 0) is 30.5 Å². The predicted octanol–water partition coefficient (Wildman–Crippen LogP) is 2.10. The molecule has 1 aliphatic rings. The highest BCUT2D eigenvalue weighted by molar-refractivity contribution is 9.10. The molecule has 0 aliphatic carbocycles. The Labute approximate surface area is 110 Å². The van der Waals surface area contributed by atoms with Gasteiger partial charge in [-0.1, -0.05) is 15.9 Å². The van der Waals surface area contributed by atoms with Crippen LogP contribution in [0.4, 0.5) is 0 Å². The van der Waals surface area contributed by atoms with Gasteiger partial charge in [0, 0.05) is 4.47 Å². The number of benzene rings is 1. The molecule has 0 bridgehead atoms. The summed E-state index contributed by atoms with van der Waals surface area (Å²) in [7, 11) is -4.65. The van der Waals surface area contributed by atoms with Crippen molar-refractivity contribution in [3.8, 4) is 0 Å². The first-order valence-electron chi connectivity index (χ1n) is 4.53. The van der Waals surface area contributed by atoms with Crippen LogP contribution in [0.5, 0.6) is 0 Å². The van der Waals surface area contributed by atoms with Crippen molar-refractivity contribution in [3.05, 3.63) is 28.7 Å². The van der Waals surface area contributed by atoms with Crippen molar-refractivity contribution >= 4 is 47.7 Å². The summed E-state index contributed by atoms with van der Waals surface area (Å²) in [6.45, 7) is 0. The van der Waals surface area contributed by atoms with Crippen LogP contribution in [-0.2, 0) is 14.3 Å². The molecule has 0 radical (unpaired) electrons. The summed E-state index contributed by atoms with van der Waals surface area (Å²) in [6, 6.07) is 6.21. The lowest BCUT2D eigenvalue weighted by molar-refractivity contribution is 0.488. The molecule has 0 aromatic heterocycles. The summed E-state index contributed by atoms with van der Waals surface area (Å²) in [4.78, 5) is 0.0960. The summed E-state index contributed by atoms with van der Waals surface area (Å²) >= 11 is 3.23. The van der Waals surface area contributed by atoms with E-state index in [9.17, 15) is 8.42 Å². The standard InChI is InChI=1S/C9H9BrN2O3S2/c1-16-6-11-12-9(16)15-17(13,14)8-4-2-7(10)3-5-8/h2-6,16H,1H3. The van der Waals surface area contributed by atoms with Crippen molar-refractivity contribution in [2.75, 3.05) is 6.26 Å². The normalized spacial score (nSPS) is 21.3. The number of hydrogen-bond acceptors (Lipinski definition) is 5. The number of nitrogens with zero attached hydrogens (tertiary/aromatic N) is 2. The molecule has 0 spiro atoms. The van der Waals surface area contributed by atoms with E-state index < -0.39 is 21.0 Å². The lowest BCUT2D eigenvalue weighted by atomic mass is 10.4. The minimum atomic E-state index is -3.81. The largest absolute Gasteiger partial charge is 0.352 e. The lowest BCUT2D eigenvalue weighted by Crippen LogP contribution is -2.12. The topological polar surface area (TPSA) is 68.1 Å². The Hall–Kier alpha value is -0.860. The molecule has 8 heteroatoms. The Morgan fingerprint density at radius 1 is 1.29 bits per heavy atom. The molecule has 0 saturated heterocycles.